The second-order valence-corrected chi connectivity index (χ2v) is 3.72. The Hall–Kier alpha value is -2.76. The lowest BCUT2D eigenvalue weighted by atomic mass is 10.2. The van der Waals surface area contributed by atoms with Gasteiger partial charge in [-0.1, -0.05) is 0 Å². The number of aromatic amines is 1. The van der Waals surface area contributed by atoms with Gasteiger partial charge in [-0.05, 0) is 24.3 Å². The van der Waals surface area contributed by atoms with Gasteiger partial charge in [0.1, 0.15) is 12.0 Å². The fraction of sp³-hybridized carbons (Fsp3) is 0. The van der Waals surface area contributed by atoms with Crippen molar-refractivity contribution < 1.29 is 4.79 Å². The molecular weight excluding hydrogens is 230 g/mol. The van der Waals surface area contributed by atoms with Gasteiger partial charge in [0.05, 0.1) is 11.7 Å². The molecule has 0 unspecified atom stereocenters. The number of H-pyrrole nitrogens is 1. The molecule has 0 aliphatic heterocycles. The monoisotopic (exact) mass is 239 g/mol. The Kier molecular flexibility index (Phi) is 2.45. The molecule has 2 heterocycles. The first-order chi connectivity index (χ1) is 8.83. The van der Waals surface area contributed by atoms with Crippen molar-refractivity contribution in [2.75, 3.05) is 5.32 Å². The number of anilines is 1. The summed E-state index contributed by atoms with van der Waals surface area (Å²) in [5, 5.41) is 10.5. The molecule has 6 nitrogen and oxygen atoms in total. The van der Waals surface area contributed by atoms with Gasteiger partial charge in [-0.3, -0.25) is 9.89 Å². The lowest BCUT2D eigenvalue weighted by Gasteiger charge is -2.04. The Morgan fingerprint density at radius 3 is 3.06 bits per heavy atom. The van der Waals surface area contributed by atoms with Gasteiger partial charge in [-0.25, -0.2) is 9.97 Å². The van der Waals surface area contributed by atoms with Crippen LogP contribution >= 0.6 is 0 Å². The van der Waals surface area contributed by atoms with Crippen molar-refractivity contribution in [1.29, 1.82) is 0 Å². The molecule has 0 saturated heterocycles. The summed E-state index contributed by atoms with van der Waals surface area (Å²) in [4.78, 5) is 19.5. The molecule has 0 saturated carbocycles. The van der Waals surface area contributed by atoms with E-state index in [1.54, 1.807) is 18.3 Å². The van der Waals surface area contributed by atoms with Crippen molar-refractivity contribution >= 4 is 22.5 Å². The second-order valence-electron chi connectivity index (χ2n) is 3.72. The molecule has 0 bridgehead atoms. The molecule has 0 spiro atoms. The zero-order valence-electron chi connectivity index (χ0n) is 9.29. The average molecular weight is 239 g/mol. The first-order valence-corrected chi connectivity index (χ1v) is 5.33. The van der Waals surface area contributed by atoms with Crippen LogP contribution in [0.5, 0.6) is 0 Å². The van der Waals surface area contributed by atoms with E-state index in [4.69, 9.17) is 0 Å². The number of aromatic nitrogens is 4. The zero-order chi connectivity index (χ0) is 12.4. The van der Waals surface area contributed by atoms with Crippen LogP contribution in [0.1, 0.15) is 10.5 Å². The fourth-order valence-electron chi connectivity index (χ4n) is 1.64. The summed E-state index contributed by atoms with van der Waals surface area (Å²) in [5.74, 6) is -0.264. The molecule has 1 amide bonds. The number of benzene rings is 1. The van der Waals surface area contributed by atoms with E-state index in [1.807, 2.05) is 12.1 Å². The largest absolute Gasteiger partial charge is 0.321 e. The molecule has 0 atom stereocenters. The molecule has 0 radical (unpaired) electrons. The Labute approximate surface area is 102 Å². The highest BCUT2D eigenvalue weighted by Gasteiger charge is 2.07. The van der Waals surface area contributed by atoms with Gasteiger partial charge in [0, 0.05) is 17.3 Å². The van der Waals surface area contributed by atoms with E-state index in [1.165, 1.54) is 12.5 Å². The highest BCUT2D eigenvalue weighted by Crippen LogP contribution is 2.17. The van der Waals surface area contributed by atoms with E-state index in [0.717, 1.165) is 10.9 Å². The minimum absolute atomic E-state index is 0.264. The van der Waals surface area contributed by atoms with Crippen molar-refractivity contribution in [2.45, 2.75) is 0 Å². The fourth-order valence-corrected chi connectivity index (χ4v) is 1.64. The Morgan fingerprint density at radius 2 is 2.22 bits per heavy atom. The van der Waals surface area contributed by atoms with E-state index in [0.29, 0.717) is 11.4 Å². The normalized spacial score (nSPS) is 10.4. The Balaban J connectivity index is 1.86. The minimum atomic E-state index is -0.264. The van der Waals surface area contributed by atoms with Crippen molar-refractivity contribution in [2.24, 2.45) is 0 Å². The number of hydrogen-bond donors (Lipinski definition) is 2. The van der Waals surface area contributed by atoms with E-state index < -0.39 is 0 Å². The number of nitrogens with one attached hydrogen (secondary N) is 2. The maximum atomic E-state index is 11.9. The molecule has 1 aromatic carbocycles. The summed E-state index contributed by atoms with van der Waals surface area (Å²) in [5.41, 5.74) is 1.96. The quantitative estimate of drug-likeness (QED) is 0.711. The molecule has 88 valence electrons. The molecule has 3 rings (SSSR count). The average Bonchev–Trinajstić information content (AvgIpc) is 2.87. The molecule has 0 aliphatic rings. The topological polar surface area (TPSA) is 83.6 Å². The SMILES string of the molecule is O=C(Nc1ccc2[nH]ncc2c1)c1ccncn1. The van der Waals surface area contributed by atoms with Crippen LogP contribution < -0.4 is 5.32 Å². The molecular formula is C12H9N5O. The number of amides is 1. The van der Waals surface area contributed by atoms with Crippen LogP contribution in [0, 0.1) is 0 Å². The number of nitrogens with zero attached hydrogens (tertiary/aromatic N) is 3. The summed E-state index contributed by atoms with van der Waals surface area (Å²) in [7, 11) is 0. The van der Waals surface area contributed by atoms with Gasteiger partial charge in [0.15, 0.2) is 0 Å². The Morgan fingerprint density at radius 1 is 1.28 bits per heavy atom. The van der Waals surface area contributed by atoms with Gasteiger partial charge in [0.25, 0.3) is 5.91 Å². The van der Waals surface area contributed by atoms with Crippen LogP contribution in [0.4, 0.5) is 5.69 Å². The predicted octanol–water partition coefficient (Wildman–Crippen LogP) is 1.61. The van der Waals surface area contributed by atoms with Gasteiger partial charge in [-0.15, -0.1) is 0 Å². The summed E-state index contributed by atoms with van der Waals surface area (Å²) in [6.07, 6.45) is 4.57. The van der Waals surface area contributed by atoms with Crippen molar-refractivity contribution in [1.82, 2.24) is 20.2 Å². The Bertz CT molecular complexity index is 692. The summed E-state index contributed by atoms with van der Waals surface area (Å²) in [6, 6.07) is 7.07. The first-order valence-electron chi connectivity index (χ1n) is 5.33. The van der Waals surface area contributed by atoms with Crippen molar-refractivity contribution in [3.8, 4) is 0 Å². The highest BCUT2D eigenvalue weighted by atomic mass is 16.1. The molecule has 2 aromatic heterocycles. The predicted molar refractivity (Wildman–Crippen MR) is 66.1 cm³/mol. The number of carbonyl (C=O) groups is 1. The molecule has 2 N–H and O–H groups in total. The molecule has 6 heteroatoms. The number of hydrogen-bond acceptors (Lipinski definition) is 4. The van der Waals surface area contributed by atoms with E-state index >= 15 is 0 Å². The molecule has 18 heavy (non-hydrogen) atoms. The van der Waals surface area contributed by atoms with Gasteiger partial charge in [0.2, 0.25) is 0 Å². The van der Waals surface area contributed by atoms with Crippen LogP contribution in [-0.4, -0.2) is 26.1 Å². The first kappa shape index (κ1) is 10.4. The standard InChI is InChI=1S/C12H9N5O/c18-12(11-3-4-13-7-14-11)16-9-1-2-10-8(5-9)6-15-17-10/h1-7H,(H,15,17)(H,16,18). The van der Waals surface area contributed by atoms with E-state index in [-0.39, 0.29) is 5.91 Å². The lowest BCUT2D eigenvalue weighted by Crippen LogP contribution is -2.13. The van der Waals surface area contributed by atoms with E-state index in [9.17, 15) is 4.79 Å². The van der Waals surface area contributed by atoms with Crippen LogP contribution in [0.3, 0.4) is 0 Å². The number of rotatable bonds is 2. The van der Waals surface area contributed by atoms with Crippen LogP contribution in [0.15, 0.2) is 43.0 Å². The second kappa shape index (κ2) is 4.25. The summed E-state index contributed by atoms with van der Waals surface area (Å²) in [6.45, 7) is 0. The number of fused-ring (bicyclic) bond motifs is 1. The zero-order valence-corrected chi connectivity index (χ0v) is 9.29. The molecule has 3 aromatic rings. The van der Waals surface area contributed by atoms with E-state index in [2.05, 4.69) is 25.5 Å². The highest BCUT2D eigenvalue weighted by molar-refractivity contribution is 6.03. The minimum Gasteiger partial charge on any atom is -0.321 e. The third-order valence-corrected chi connectivity index (χ3v) is 2.51. The molecule has 0 fully saturated rings. The van der Waals surface area contributed by atoms with Gasteiger partial charge in [-0.2, -0.15) is 5.10 Å². The summed E-state index contributed by atoms with van der Waals surface area (Å²) < 4.78 is 0. The van der Waals surface area contributed by atoms with Crippen LogP contribution in [0.2, 0.25) is 0 Å². The maximum Gasteiger partial charge on any atom is 0.274 e. The van der Waals surface area contributed by atoms with Crippen LogP contribution in [0.25, 0.3) is 10.9 Å². The van der Waals surface area contributed by atoms with Gasteiger partial charge >= 0.3 is 0 Å². The maximum absolute atomic E-state index is 11.9. The summed E-state index contributed by atoms with van der Waals surface area (Å²) >= 11 is 0. The van der Waals surface area contributed by atoms with Crippen molar-refractivity contribution in [3.63, 3.8) is 0 Å². The third kappa shape index (κ3) is 1.91. The third-order valence-electron chi connectivity index (χ3n) is 2.51. The molecule has 0 aliphatic carbocycles. The van der Waals surface area contributed by atoms with Crippen molar-refractivity contribution in [3.05, 3.63) is 48.7 Å². The number of carbonyl (C=O) groups excluding carboxylic acids is 1. The van der Waals surface area contributed by atoms with Crippen LogP contribution in [-0.2, 0) is 0 Å². The van der Waals surface area contributed by atoms with Gasteiger partial charge < -0.3 is 5.32 Å². The lowest BCUT2D eigenvalue weighted by molar-refractivity contribution is 0.102. The smallest absolute Gasteiger partial charge is 0.274 e.